The van der Waals surface area contributed by atoms with Gasteiger partial charge in [-0.15, -0.1) is 0 Å². The first kappa shape index (κ1) is 14.8. The van der Waals surface area contributed by atoms with Crippen molar-refractivity contribution in [2.45, 2.75) is 6.42 Å². The van der Waals surface area contributed by atoms with Crippen LogP contribution < -0.4 is 10.6 Å². The second-order valence-electron chi connectivity index (χ2n) is 4.49. The van der Waals surface area contributed by atoms with Gasteiger partial charge >= 0.3 is 0 Å². The SMILES string of the molecule is CN(CCc1ccccn1)c1cccc(Cl)c1C(N)=S. The maximum atomic E-state index is 6.18. The number of likely N-dealkylation sites (N-methyl/N-ethyl adjacent to an activating group) is 1. The Morgan fingerprint density at radius 2 is 2.10 bits per heavy atom. The molecule has 3 nitrogen and oxygen atoms in total. The molecule has 0 aliphatic carbocycles. The lowest BCUT2D eigenvalue weighted by Crippen LogP contribution is -2.24. The molecule has 0 atom stereocenters. The van der Waals surface area contributed by atoms with Crippen LogP contribution in [0.5, 0.6) is 0 Å². The van der Waals surface area contributed by atoms with Crippen molar-refractivity contribution in [3.63, 3.8) is 0 Å². The van der Waals surface area contributed by atoms with E-state index in [1.165, 1.54) is 0 Å². The Morgan fingerprint density at radius 1 is 1.30 bits per heavy atom. The fourth-order valence-corrected chi connectivity index (χ4v) is 2.57. The van der Waals surface area contributed by atoms with E-state index < -0.39 is 0 Å². The predicted octanol–water partition coefficient (Wildman–Crippen LogP) is 3.05. The largest absolute Gasteiger partial charge is 0.389 e. The van der Waals surface area contributed by atoms with Gasteiger partial charge in [0.2, 0.25) is 0 Å². The van der Waals surface area contributed by atoms with Gasteiger partial charge in [-0.05, 0) is 24.3 Å². The number of hydrogen-bond donors (Lipinski definition) is 1. The number of thiocarbonyl (C=S) groups is 1. The van der Waals surface area contributed by atoms with Crippen LogP contribution in [-0.2, 0) is 6.42 Å². The maximum absolute atomic E-state index is 6.18. The average Bonchev–Trinajstić information content (AvgIpc) is 2.45. The molecule has 0 aliphatic heterocycles. The van der Waals surface area contributed by atoms with E-state index in [1.807, 2.05) is 37.4 Å². The van der Waals surface area contributed by atoms with Crippen LogP contribution in [0, 0.1) is 0 Å². The van der Waals surface area contributed by atoms with Gasteiger partial charge < -0.3 is 10.6 Å². The van der Waals surface area contributed by atoms with Crippen molar-refractivity contribution >= 4 is 34.5 Å². The molecule has 0 unspecified atom stereocenters. The van der Waals surface area contributed by atoms with Crippen molar-refractivity contribution < 1.29 is 0 Å². The van der Waals surface area contributed by atoms with E-state index in [4.69, 9.17) is 29.6 Å². The second kappa shape index (κ2) is 6.68. The van der Waals surface area contributed by atoms with E-state index in [1.54, 1.807) is 12.3 Å². The summed E-state index contributed by atoms with van der Waals surface area (Å²) in [6.07, 6.45) is 2.65. The minimum Gasteiger partial charge on any atom is -0.389 e. The number of hydrogen-bond acceptors (Lipinski definition) is 3. The fraction of sp³-hybridized carbons (Fsp3) is 0.200. The summed E-state index contributed by atoms with van der Waals surface area (Å²) in [4.78, 5) is 6.72. The third kappa shape index (κ3) is 3.46. The summed E-state index contributed by atoms with van der Waals surface area (Å²) >= 11 is 11.3. The lowest BCUT2D eigenvalue weighted by molar-refractivity contribution is 0.852. The molecule has 1 heterocycles. The molecule has 2 N–H and O–H groups in total. The van der Waals surface area contributed by atoms with Crippen LogP contribution in [0.2, 0.25) is 5.02 Å². The summed E-state index contributed by atoms with van der Waals surface area (Å²) < 4.78 is 0. The summed E-state index contributed by atoms with van der Waals surface area (Å²) in [6, 6.07) is 11.6. The van der Waals surface area contributed by atoms with E-state index in [-0.39, 0.29) is 0 Å². The van der Waals surface area contributed by atoms with Gasteiger partial charge in [0.05, 0.1) is 10.6 Å². The molecule has 1 aromatic carbocycles. The normalized spacial score (nSPS) is 10.3. The number of pyridine rings is 1. The first-order valence-electron chi connectivity index (χ1n) is 6.29. The molecule has 0 saturated heterocycles. The number of halogens is 1. The number of nitrogens with zero attached hydrogens (tertiary/aromatic N) is 2. The molecule has 104 valence electrons. The molecule has 2 rings (SSSR count). The highest BCUT2D eigenvalue weighted by atomic mass is 35.5. The van der Waals surface area contributed by atoms with Crippen molar-refractivity contribution in [3.05, 3.63) is 58.9 Å². The molecule has 5 heteroatoms. The minimum atomic E-state index is 0.315. The molecule has 0 fully saturated rings. The standard InChI is InChI=1S/C15H16ClN3S/c1-19(10-8-11-5-2-3-9-18-11)13-7-4-6-12(16)14(13)15(17)20/h2-7,9H,8,10H2,1H3,(H2,17,20). The van der Waals surface area contributed by atoms with Crippen LogP contribution in [0.3, 0.4) is 0 Å². The van der Waals surface area contributed by atoms with E-state index in [9.17, 15) is 0 Å². The van der Waals surface area contributed by atoms with Crippen LogP contribution in [0.25, 0.3) is 0 Å². The number of benzene rings is 1. The molecule has 0 saturated carbocycles. The Labute approximate surface area is 129 Å². The summed E-state index contributed by atoms with van der Waals surface area (Å²) in [5, 5.41) is 0.583. The van der Waals surface area contributed by atoms with Crippen molar-refractivity contribution in [1.29, 1.82) is 0 Å². The van der Waals surface area contributed by atoms with Crippen LogP contribution in [0.4, 0.5) is 5.69 Å². The van der Waals surface area contributed by atoms with Crippen LogP contribution in [0.15, 0.2) is 42.6 Å². The third-order valence-corrected chi connectivity index (χ3v) is 3.60. The van der Waals surface area contributed by atoms with Crippen molar-refractivity contribution in [2.24, 2.45) is 5.73 Å². The molecule has 20 heavy (non-hydrogen) atoms. The Bertz CT molecular complexity index is 601. The molecule has 1 aromatic heterocycles. The maximum Gasteiger partial charge on any atom is 0.107 e. The highest BCUT2D eigenvalue weighted by Crippen LogP contribution is 2.26. The van der Waals surface area contributed by atoms with E-state index in [0.29, 0.717) is 10.0 Å². The van der Waals surface area contributed by atoms with Gasteiger partial charge in [-0.3, -0.25) is 4.98 Å². The summed E-state index contributed by atoms with van der Waals surface area (Å²) in [5.41, 5.74) is 8.50. The van der Waals surface area contributed by atoms with Gasteiger partial charge in [-0.2, -0.15) is 0 Å². The lowest BCUT2D eigenvalue weighted by atomic mass is 10.1. The van der Waals surface area contributed by atoms with Crippen molar-refractivity contribution in [3.8, 4) is 0 Å². The quantitative estimate of drug-likeness (QED) is 0.862. The highest BCUT2D eigenvalue weighted by Gasteiger charge is 2.13. The highest BCUT2D eigenvalue weighted by molar-refractivity contribution is 7.80. The molecule has 0 amide bonds. The van der Waals surface area contributed by atoms with E-state index in [0.717, 1.165) is 29.9 Å². The molecular formula is C15H16ClN3S. The zero-order valence-electron chi connectivity index (χ0n) is 11.2. The third-order valence-electron chi connectivity index (χ3n) is 3.08. The van der Waals surface area contributed by atoms with E-state index >= 15 is 0 Å². The Morgan fingerprint density at radius 3 is 2.75 bits per heavy atom. The first-order chi connectivity index (χ1) is 9.59. The van der Waals surface area contributed by atoms with Gasteiger partial charge in [0.15, 0.2) is 0 Å². The predicted molar refractivity (Wildman–Crippen MR) is 88.6 cm³/mol. The molecule has 2 aromatic rings. The Hall–Kier alpha value is -1.65. The zero-order valence-corrected chi connectivity index (χ0v) is 12.8. The smallest absolute Gasteiger partial charge is 0.107 e. The van der Waals surface area contributed by atoms with Gasteiger partial charge in [0, 0.05) is 37.6 Å². The second-order valence-corrected chi connectivity index (χ2v) is 5.34. The first-order valence-corrected chi connectivity index (χ1v) is 7.07. The number of nitrogens with two attached hydrogens (primary N) is 1. The molecule has 0 aliphatic rings. The topological polar surface area (TPSA) is 42.2 Å². The minimum absolute atomic E-state index is 0.315. The zero-order chi connectivity index (χ0) is 14.5. The van der Waals surface area contributed by atoms with Crippen LogP contribution in [0.1, 0.15) is 11.3 Å². The number of rotatable bonds is 5. The number of anilines is 1. The summed E-state index contributed by atoms with van der Waals surface area (Å²) in [7, 11) is 2.00. The molecule has 0 radical (unpaired) electrons. The van der Waals surface area contributed by atoms with Crippen LogP contribution >= 0.6 is 23.8 Å². The van der Waals surface area contributed by atoms with Gasteiger partial charge in [-0.1, -0.05) is 36.0 Å². The van der Waals surface area contributed by atoms with Crippen LogP contribution in [-0.4, -0.2) is 23.6 Å². The van der Waals surface area contributed by atoms with Gasteiger partial charge in [-0.25, -0.2) is 0 Å². The monoisotopic (exact) mass is 305 g/mol. The lowest BCUT2D eigenvalue weighted by Gasteiger charge is -2.22. The summed E-state index contributed by atoms with van der Waals surface area (Å²) in [5.74, 6) is 0. The van der Waals surface area contributed by atoms with Gasteiger partial charge in [0.25, 0.3) is 0 Å². The fourth-order valence-electron chi connectivity index (χ4n) is 2.02. The van der Waals surface area contributed by atoms with Gasteiger partial charge in [0.1, 0.15) is 4.99 Å². The summed E-state index contributed by atoms with van der Waals surface area (Å²) in [6.45, 7) is 0.812. The molecular weight excluding hydrogens is 290 g/mol. The van der Waals surface area contributed by atoms with Crippen molar-refractivity contribution in [1.82, 2.24) is 4.98 Å². The van der Waals surface area contributed by atoms with E-state index in [2.05, 4.69) is 9.88 Å². The Kier molecular flexibility index (Phi) is 4.93. The number of aromatic nitrogens is 1. The average molecular weight is 306 g/mol. The molecule has 0 bridgehead atoms. The van der Waals surface area contributed by atoms with Crippen molar-refractivity contribution in [2.75, 3.05) is 18.5 Å². The Balaban J connectivity index is 2.15. The molecule has 0 spiro atoms.